The van der Waals surface area contributed by atoms with Crippen molar-refractivity contribution in [1.29, 1.82) is 0 Å². The molecular weight excluding hydrogens is 317 g/mol. The molecule has 0 saturated carbocycles. The van der Waals surface area contributed by atoms with E-state index in [0.29, 0.717) is 5.02 Å². The van der Waals surface area contributed by atoms with Crippen LogP contribution in [-0.4, -0.2) is 14.3 Å². The minimum atomic E-state index is -3.66. The Balaban J connectivity index is 2.27. The van der Waals surface area contributed by atoms with E-state index >= 15 is 0 Å². The minimum Gasteiger partial charge on any atom is -0.207 e. The van der Waals surface area contributed by atoms with Crippen molar-refractivity contribution in [2.45, 2.75) is 10.9 Å². The summed E-state index contributed by atoms with van der Waals surface area (Å²) in [6.07, 6.45) is 0. The number of hydrogen-bond donors (Lipinski definition) is 1. The Hall–Kier alpha value is -1.07. The van der Waals surface area contributed by atoms with Gasteiger partial charge in [-0.05, 0) is 23.8 Å². The highest BCUT2D eigenvalue weighted by atomic mass is 35.5. The van der Waals surface area contributed by atoms with Crippen LogP contribution in [0.3, 0.4) is 0 Å². The van der Waals surface area contributed by atoms with E-state index in [4.69, 9.17) is 23.2 Å². The summed E-state index contributed by atoms with van der Waals surface area (Å²) in [5.74, 6) is 0.143. The van der Waals surface area contributed by atoms with Crippen molar-refractivity contribution in [3.05, 3.63) is 65.2 Å². The molecule has 0 aliphatic rings. The summed E-state index contributed by atoms with van der Waals surface area (Å²) in [5.41, 5.74) is 0.813. The molecule has 0 bridgehead atoms. The first-order valence-corrected chi connectivity index (χ1v) is 8.31. The van der Waals surface area contributed by atoms with Gasteiger partial charge in [0.1, 0.15) is 0 Å². The molecule has 3 nitrogen and oxygen atoms in total. The van der Waals surface area contributed by atoms with E-state index in [1.165, 1.54) is 12.1 Å². The van der Waals surface area contributed by atoms with E-state index in [0.717, 1.165) is 5.56 Å². The second kappa shape index (κ2) is 6.59. The Bertz CT molecular complexity index is 675. The lowest BCUT2D eigenvalue weighted by Gasteiger charge is -2.16. The maximum Gasteiger partial charge on any atom is 0.241 e. The highest BCUT2D eigenvalue weighted by Crippen LogP contribution is 2.20. The van der Waals surface area contributed by atoms with Gasteiger partial charge in [-0.25, -0.2) is 13.1 Å². The number of halogens is 2. The summed E-state index contributed by atoms with van der Waals surface area (Å²) in [5, 5.41) is 0.370. The van der Waals surface area contributed by atoms with Gasteiger partial charge in [0.25, 0.3) is 0 Å². The van der Waals surface area contributed by atoms with Crippen LogP contribution in [0.25, 0.3) is 0 Å². The molecular formula is C14H13Cl2NO2S. The monoisotopic (exact) mass is 329 g/mol. The topological polar surface area (TPSA) is 46.2 Å². The molecule has 2 aromatic rings. The zero-order valence-corrected chi connectivity index (χ0v) is 12.8. The van der Waals surface area contributed by atoms with Gasteiger partial charge in [0, 0.05) is 10.9 Å². The van der Waals surface area contributed by atoms with Crippen LogP contribution in [0, 0.1) is 0 Å². The average Bonchev–Trinajstić information content (AvgIpc) is 2.46. The predicted octanol–water partition coefficient (Wildman–Crippen LogP) is 3.60. The third kappa shape index (κ3) is 3.73. The van der Waals surface area contributed by atoms with Gasteiger partial charge >= 0.3 is 0 Å². The summed E-state index contributed by atoms with van der Waals surface area (Å²) in [6.45, 7) is 0. The summed E-state index contributed by atoms with van der Waals surface area (Å²) >= 11 is 11.7. The summed E-state index contributed by atoms with van der Waals surface area (Å²) in [7, 11) is -3.66. The molecule has 0 fully saturated rings. The summed E-state index contributed by atoms with van der Waals surface area (Å²) in [6, 6.07) is 14.8. The molecule has 1 atom stereocenters. The van der Waals surface area contributed by atoms with Crippen molar-refractivity contribution < 1.29 is 8.42 Å². The van der Waals surface area contributed by atoms with E-state index in [9.17, 15) is 8.42 Å². The van der Waals surface area contributed by atoms with Crippen LogP contribution < -0.4 is 4.72 Å². The Morgan fingerprint density at radius 1 is 1.05 bits per heavy atom. The van der Waals surface area contributed by atoms with Crippen molar-refractivity contribution in [2.75, 3.05) is 5.88 Å². The van der Waals surface area contributed by atoms with Gasteiger partial charge in [-0.1, -0.05) is 48.0 Å². The Morgan fingerprint density at radius 2 is 1.75 bits per heavy atom. The molecule has 2 aromatic carbocycles. The van der Waals surface area contributed by atoms with Crippen molar-refractivity contribution >= 4 is 33.2 Å². The number of sulfonamides is 1. The Kier molecular flexibility index (Phi) is 5.05. The van der Waals surface area contributed by atoms with Crippen LogP contribution in [0.5, 0.6) is 0 Å². The van der Waals surface area contributed by atoms with Crippen LogP contribution >= 0.6 is 23.2 Å². The third-order valence-electron chi connectivity index (χ3n) is 2.76. The fourth-order valence-electron chi connectivity index (χ4n) is 1.76. The molecule has 0 aliphatic heterocycles. The van der Waals surface area contributed by atoms with Crippen molar-refractivity contribution in [3.63, 3.8) is 0 Å². The van der Waals surface area contributed by atoms with E-state index < -0.39 is 16.1 Å². The summed E-state index contributed by atoms with van der Waals surface area (Å²) in [4.78, 5) is 0.121. The number of benzene rings is 2. The lowest BCUT2D eigenvalue weighted by atomic mass is 10.1. The van der Waals surface area contributed by atoms with Gasteiger partial charge in [-0.15, -0.1) is 11.6 Å². The zero-order chi connectivity index (χ0) is 14.6. The average molecular weight is 330 g/mol. The predicted molar refractivity (Wildman–Crippen MR) is 81.7 cm³/mol. The lowest BCUT2D eigenvalue weighted by molar-refractivity contribution is 0.568. The van der Waals surface area contributed by atoms with Gasteiger partial charge in [-0.2, -0.15) is 0 Å². The lowest BCUT2D eigenvalue weighted by Crippen LogP contribution is -2.29. The molecule has 1 unspecified atom stereocenters. The molecule has 20 heavy (non-hydrogen) atoms. The smallest absolute Gasteiger partial charge is 0.207 e. The van der Waals surface area contributed by atoms with Crippen LogP contribution in [0.15, 0.2) is 59.5 Å². The minimum absolute atomic E-state index is 0.121. The number of alkyl halides is 1. The first-order chi connectivity index (χ1) is 9.53. The highest BCUT2D eigenvalue weighted by Gasteiger charge is 2.20. The molecule has 0 heterocycles. The molecule has 0 amide bonds. The van der Waals surface area contributed by atoms with Gasteiger partial charge < -0.3 is 0 Å². The zero-order valence-electron chi connectivity index (χ0n) is 10.5. The first-order valence-electron chi connectivity index (χ1n) is 5.92. The molecule has 0 aromatic heterocycles. The normalized spacial score (nSPS) is 13.1. The van der Waals surface area contributed by atoms with E-state index in [1.54, 1.807) is 12.1 Å². The summed E-state index contributed by atoms with van der Waals surface area (Å²) < 4.78 is 27.2. The SMILES string of the molecule is O=S(=O)(NC(CCl)c1ccccc1)c1cccc(Cl)c1. The van der Waals surface area contributed by atoms with Gasteiger partial charge in [0.05, 0.1) is 10.9 Å². The molecule has 6 heteroatoms. The van der Waals surface area contributed by atoms with Crippen LogP contribution in [0.1, 0.15) is 11.6 Å². The van der Waals surface area contributed by atoms with Gasteiger partial charge in [0.15, 0.2) is 0 Å². The molecule has 0 spiro atoms. The van der Waals surface area contributed by atoms with Gasteiger partial charge in [0.2, 0.25) is 10.0 Å². The number of nitrogens with one attached hydrogen (secondary N) is 1. The first kappa shape index (κ1) is 15.3. The van der Waals surface area contributed by atoms with Crippen molar-refractivity contribution in [3.8, 4) is 0 Å². The van der Waals surface area contributed by atoms with E-state index in [-0.39, 0.29) is 10.8 Å². The third-order valence-corrected chi connectivity index (χ3v) is 4.77. The second-order valence-corrected chi connectivity index (χ2v) is 6.66. The Morgan fingerprint density at radius 3 is 2.35 bits per heavy atom. The fourth-order valence-corrected chi connectivity index (χ4v) is 3.64. The quantitative estimate of drug-likeness (QED) is 0.852. The Labute approximate surface area is 128 Å². The van der Waals surface area contributed by atoms with E-state index in [2.05, 4.69) is 4.72 Å². The number of hydrogen-bond acceptors (Lipinski definition) is 2. The van der Waals surface area contributed by atoms with Crippen molar-refractivity contribution in [1.82, 2.24) is 4.72 Å². The van der Waals surface area contributed by atoms with Crippen LogP contribution in [0.2, 0.25) is 5.02 Å². The van der Waals surface area contributed by atoms with Crippen LogP contribution in [0.4, 0.5) is 0 Å². The largest absolute Gasteiger partial charge is 0.241 e. The molecule has 1 N–H and O–H groups in total. The molecule has 0 aliphatic carbocycles. The maximum atomic E-state index is 12.3. The van der Waals surface area contributed by atoms with Crippen molar-refractivity contribution in [2.24, 2.45) is 0 Å². The standard InChI is InChI=1S/C14H13Cl2NO2S/c15-10-14(11-5-2-1-3-6-11)17-20(18,19)13-8-4-7-12(16)9-13/h1-9,14,17H,10H2. The molecule has 0 radical (unpaired) electrons. The van der Waals surface area contributed by atoms with E-state index in [1.807, 2.05) is 30.3 Å². The molecule has 0 saturated heterocycles. The van der Waals surface area contributed by atoms with Crippen LogP contribution in [-0.2, 0) is 10.0 Å². The number of rotatable bonds is 5. The highest BCUT2D eigenvalue weighted by molar-refractivity contribution is 7.89. The molecule has 106 valence electrons. The maximum absolute atomic E-state index is 12.3. The van der Waals surface area contributed by atoms with Gasteiger partial charge in [-0.3, -0.25) is 0 Å². The molecule has 2 rings (SSSR count). The fraction of sp³-hybridized carbons (Fsp3) is 0.143. The second-order valence-electron chi connectivity index (χ2n) is 4.20.